The Hall–Kier alpha value is -0.710. The Bertz CT molecular complexity index is 252. The molecule has 1 aliphatic rings. The largest absolute Gasteiger partial charge is 0.481 e. The van der Waals surface area contributed by atoms with Gasteiger partial charge in [0.1, 0.15) is 0 Å². The number of hydrogen-bond acceptors (Lipinski definition) is 3. The minimum absolute atomic E-state index is 0.137. The molecule has 1 fully saturated rings. The van der Waals surface area contributed by atoms with E-state index in [-0.39, 0.29) is 18.2 Å². The second kappa shape index (κ2) is 6.78. The highest BCUT2D eigenvalue weighted by molar-refractivity contribution is 7.99. The van der Waals surface area contributed by atoms with Crippen molar-refractivity contribution < 1.29 is 14.7 Å². The molecule has 92 valence electrons. The first kappa shape index (κ1) is 13.4. The number of hydrogen-bond donors (Lipinski definition) is 1. The first-order chi connectivity index (χ1) is 7.61. The van der Waals surface area contributed by atoms with Crippen molar-refractivity contribution in [3.63, 3.8) is 0 Å². The van der Waals surface area contributed by atoms with E-state index in [0.717, 1.165) is 24.3 Å². The molecule has 1 heterocycles. The number of thioether (sulfide) groups is 1. The van der Waals surface area contributed by atoms with Crippen LogP contribution < -0.4 is 0 Å². The van der Waals surface area contributed by atoms with Crippen LogP contribution in [0.15, 0.2) is 0 Å². The maximum absolute atomic E-state index is 11.9. The van der Waals surface area contributed by atoms with Crippen LogP contribution in [0.2, 0.25) is 0 Å². The van der Waals surface area contributed by atoms with Gasteiger partial charge in [-0.3, -0.25) is 9.59 Å². The summed E-state index contributed by atoms with van der Waals surface area (Å²) in [6, 6.07) is 0. The number of carboxylic acids is 1. The van der Waals surface area contributed by atoms with Gasteiger partial charge >= 0.3 is 5.97 Å². The third-order valence-corrected chi connectivity index (χ3v) is 3.88. The number of carbonyl (C=O) groups is 2. The number of carboxylic acid groups (broad SMARTS) is 1. The maximum atomic E-state index is 11.9. The molecule has 0 spiro atoms. The lowest BCUT2D eigenvalue weighted by molar-refractivity contribution is -0.138. The van der Waals surface area contributed by atoms with Crippen LogP contribution in [0.3, 0.4) is 0 Å². The first-order valence-corrected chi connectivity index (χ1v) is 6.81. The van der Waals surface area contributed by atoms with E-state index >= 15 is 0 Å². The summed E-state index contributed by atoms with van der Waals surface area (Å²) in [5.74, 6) is 1.69. The van der Waals surface area contributed by atoms with Gasteiger partial charge in [0.2, 0.25) is 5.91 Å². The number of aliphatic carboxylic acids is 1. The van der Waals surface area contributed by atoms with Crippen LogP contribution in [0.1, 0.15) is 25.7 Å². The fourth-order valence-electron chi connectivity index (χ4n) is 1.83. The standard InChI is InChI=1S/C11H19NO3S/c1-12(6-2-3-10(13)14)11(15)9-4-7-16-8-5-9/h9H,2-8H2,1H3,(H,13,14). The molecule has 4 nitrogen and oxygen atoms in total. The molecule has 16 heavy (non-hydrogen) atoms. The molecule has 5 heteroatoms. The van der Waals surface area contributed by atoms with E-state index in [1.54, 1.807) is 11.9 Å². The van der Waals surface area contributed by atoms with Crippen LogP contribution in [0, 0.1) is 5.92 Å². The van der Waals surface area contributed by atoms with Gasteiger partial charge in [0.05, 0.1) is 0 Å². The molecule has 0 unspecified atom stereocenters. The summed E-state index contributed by atoms with van der Waals surface area (Å²) in [4.78, 5) is 24.0. The van der Waals surface area contributed by atoms with E-state index in [1.165, 1.54) is 0 Å². The Morgan fingerprint density at radius 2 is 2.00 bits per heavy atom. The van der Waals surface area contributed by atoms with Crippen molar-refractivity contribution in [2.24, 2.45) is 5.92 Å². The summed E-state index contributed by atoms with van der Waals surface area (Å²) in [5, 5.41) is 8.51. The molecule has 0 atom stereocenters. The minimum Gasteiger partial charge on any atom is -0.481 e. The second-order valence-corrected chi connectivity index (χ2v) is 5.37. The SMILES string of the molecule is CN(CCCC(=O)O)C(=O)C1CCSCC1. The Kier molecular flexibility index (Phi) is 5.66. The summed E-state index contributed by atoms with van der Waals surface area (Å²) in [5.41, 5.74) is 0. The molecule has 1 N–H and O–H groups in total. The summed E-state index contributed by atoms with van der Waals surface area (Å²) in [7, 11) is 1.77. The van der Waals surface area contributed by atoms with Gasteiger partial charge in [-0.05, 0) is 30.8 Å². The molecule has 0 bridgehead atoms. The van der Waals surface area contributed by atoms with Crippen LogP contribution in [0.25, 0.3) is 0 Å². The Labute approximate surface area is 100 Å². The van der Waals surface area contributed by atoms with E-state index in [0.29, 0.717) is 13.0 Å². The first-order valence-electron chi connectivity index (χ1n) is 5.65. The lowest BCUT2D eigenvalue weighted by Crippen LogP contribution is -2.35. The fourth-order valence-corrected chi connectivity index (χ4v) is 2.94. The normalized spacial score (nSPS) is 17.1. The molecule has 1 aliphatic heterocycles. The molecule has 0 aromatic heterocycles. The minimum atomic E-state index is -0.796. The lowest BCUT2D eigenvalue weighted by Gasteiger charge is -2.26. The number of amides is 1. The van der Waals surface area contributed by atoms with Crippen LogP contribution in [-0.4, -0.2) is 47.0 Å². The smallest absolute Gasteiger partial charge is 0.303 e. The molecule has 1 saturated heterocycles. The van der Waals surface area contributed by atoms with E-state index in [9.17, 15) is 9.59 Å². The van der Waals surface area contributed by atoms with Gasteiger partial charge in [-0.25, -0.2) is 0 Å². The van der Waals surface area contributed by atoms with Gasteiger partial charge in [-0.1, -0.05) is 0 Å². The van der Waals surface area contributed by atoms with E-state index < -0.39 is 5.97 Å². The molecule has 0 aromatic carbocycles. The monoisotopic (exact) mass is 245 g/mol. The van der Waals surface area contributed by atoms with Gasteiger partial charge in [0, 0.05) is 25.9 Å². The Balaban J connectivity index is 2.26. The van der Waals surface area contributed by atoms with Gasteiger partial charge < -0.3 is 10.0 Å². The zero-order valence-electron chi connectivity index (χ0n) is 9.65. The van der Waals surface area contributed by atoms with Gasteiger partial charge in [0.25, 0.3) is 0 Å². The maximum Gasteiger partial charge on any atom is 0.303 e. The number of carbonyl (C=O) groups excluding carboxylic acids is 1. The molecule has 1 amide bonds. The second-order valence-electron chi connectivity index (χ2n) is 4.14. The molecule has 0 radical (unpaired) electrons. The summed E-state index contributed by atoms with van der Waals surface area (Å²) >= 11 is 1.90. The third kappa shape index (κ3) is 4.43. The Morgan fingerprint density at radius 1 is 1.38 bits per heavy atom. The highest BCUT2D eigenvalue weighted by Crippen LogP contribution is 2.24. The van der Waals surface area contributed by atoms with Crippen LogP contribution >= 0.6 is 11.8 Å². The Morgan fingerprint density at radius 3 is 2.56 bits per heavy atom. The van der Waals surface area contributed by atoms with Crippen molar-refractivity contribution >= 4 is 23.6 Å². The molecular weight excluding hydrogens is 226 g/mol. The fraction of sp³-hybridized carbons (Fsp3) is 0.818. The van der Waals surface area contributed by atoms with Crippen molar-refractivity contribution in [3.05, 3.63) is 0 Å². The van der Waals surface area contributed by atoms with Crippen LogP contribution in [0.4, 0.5) is 0 Å². The van der Waals surface area contributed by atoms with E-state index in [2.05, 4.69) is 0 Å². The van der Waals surface area contributed by atoms with Crippen LogP contribution in [-0.2, 0) is 9.59 Å². The summed E-state index contributed by atoms with van der Waals surface area (Å²) in [6.45, 7) is 0.550. The highest BCUT2D eigenvalue weighted by Gasteiger charge is 2.23. The topological polar surface area (TPSA) is 57.6 Å². The third-order valence-electron chi connectivity index (χ3n) is 2.83. The average molecular weight is 245 g/mol. The zero-order valence-corrected chi connectivity index (χ0v) is 10.5. The zero-order chi connectivity index (χ0) is 12.0. The van der Waals surface area contributed by atoms with E-state index in [1.807, 2.05) is 11.8 Å². The van der Waals surface area contributed by atoms with Crippen molar-refractivity contribution in [3.8, 4) is 0 Å². The average Bonchev–Trinajstić information content (AvgIpc) is 2.28. The molecule has 0 saturated carbocycles. The predicted octanol–water partition coefficient (Wildman–Crippen LogP) is 1.45. The highest BCUT2D eigenvalue weighted by atomic mass is 32.2. The molecule has 0 aliphatic carbocycles. The predicted molar refractivity (Wildman–Crippen MR) is 64.6 cm³/mol. The molecule has 1 rings (SSSR count). The van der Waals surface area contributed by atoms with Crippen molar-refractivity contribution in [2.45, 2.75) is 25.7 Å². The number of rotatable bonds is 5. The van der Waals surface area contributed by atoms with Gasteiger partial charge in [0.15, 0.2) is 0 Å². The summed E-state index contributed by atoms with van der Waals surface area (Å²) < 4.78 is 0. The molecular formula is C11H19NO3S. The van der Waals surface area contributed by atoms with Crippen molar-refractivity contribution in [1.82, 2.24) is 4.90 Å². The molecule has 0 aromatic rings. The van der Waals surface area contributed by atoms with E-state index in [4.69, 9.17) is 5.11 Å². The lowest BCUT2D eigenvalue weighted by atomic mass is 10.0. The van der Waals surface area contributed by atoms with Gasteiger partial charge in [-0.15, -0.1) is 0 Å². The van der Waals surface area contributed by atoms with Crippen molar-refractivity contribution in [2.75, 3.05) is 25.1 Å². The van der Waals surface area contributed by atoms with Gasteiger partial charge in [-0.2, -0.15) is 11.8 Å². The van der Waals surface area contributed by atoms with Crippen molar-refractivity contribution in [1.29, 1.82) is 0 Å². The number of nitrogens with zero attached hydrogens (tertiary/aromatic N) is 1. The van der Waals surface area contributed by atoms with Crippen LogP contribution in [0.5, 0.6) is 0 Å². The summed E-state index contributed by atoms with van der Waals surface area (Å²) in [6.07, 6.45) is 2.61. The quantitative estimate of drug-likeness (QED) is 0.796.